The third kappa shape index (κ3) is 3.44. The molecule has 96 valence electrons. The van der Waals surface area contributed by atoms with Gasteiger partial charge in [0.2, 0.25) is 0 Å². The van der Waals surface area contributed by atoms with Crippen LogP contribution in [-0.4, -0.2) is 49.3 Å². The van der Waals surface area contributed by atoms with Crippen molar-refractivity contribution in [2.24, 2.45) is 0 Å². The van der Waals surface area contributed by atoms with Crippen molar-refractivity contribution >= 4 is 0 Å². The average Bonchev–Trinajstić information content (AvgIpc) is 2.13. The molecule has 0 saturated carbocycles. The van der Waals surface area contributed by atoms with Gasteiger partial charge >= 0.3 is 0 Å². The minimum Gasteiger partial charge on any atom is -0.379 e. The van der Waals surface area contributed by atoms with Crippen molar-refractivity contribution in [2.75, 3.05) is 27.2 Å². The van der Waals surface area contributed by atoms with Crippen molar-refractivity contribution in [3.05, 3.63) is 0 Å². The van der Waals surface area contributed by atoms with E-state index in [0.29, 0.717) is 11.6 Å². The van der Waals surface area contributed by atoms with E-state index in [9.17, 15) is 0 Å². The van der Waals surface area contributed by atoms with Crippen LogP contribution in [0.2, 0.25) is 0 Å². The lowest BCUT2D eigenvalue weighted by atomic mass is 9.86. The SMILES string of the molecule is CNC(C)(C)CCC(C)(C)N1CC(OC)C1. The Hall–Kier alpha value is -0.120. The van der Waals surface area contributed by atoms with Gasteiger partial charge in [-0.2, -0.15) is 0 Å². The van der Waals surface area contributed by atoms with Gasteiger partial charge in [-0.15, -0.1) is 0 Å². The zero-order valence-corrected chi connectivity index (χ0v) is 11.8. The fourth-order valence-corrected chi connectivity index (χ4v) is 1.98. The molecule has 1 aliphatic rings. The predicted octanol–water partition coefficient (Wildman–Crippen LogP) is 1.87. The summed E-state index contributed by atoms with van der Waals surface area (Å²) in [7, 11) is 3.84. The third-order valence-corrected chi connectivity index (χ3v) is 4.08. The van der Waals surface area contributed by atoms with Gasteiger partial charge in [0, 0.05) is 31.3 Å². The monoisotopic (exact) mass is 228 g/mol. The molecular formula is C13H28N2O. The molecule has 1 heterocycles. The summed E-state index contributed by atoms with van der Waals surface area (Å²) in [5.41, 5.74) is 0.534. The lowest BCUT2D eigenvalue weighted by molar-refractivity contribution is -0.0792. The molecule has 16 heavy (non-hydrogen) atoms. The van der Waals surface area contributed by atoms with E-state index in [-0.39, 0.29) is 5.54 Å². The van der Waals surface area contributed by atoms with Crippen LogP contribution in [0.5, 0.6) is 0 Å². The molecule has 1 rings (SSSR count). The summed E-state index contributed by atoms with van der Waals surface area (Å²) in [5.74, 6) is 0. The molecule has 1 fully saturated rings. The van der Waals surface area contributed by atoms with Crippen molar-refractivity contribution in [3.63, 3.8) is 0 Å². The quantitative estimate of drug-likeness (QED) is 0.751. The molecule has 0 aromatic rings. The Labute approximate surface area is 101 Å². The van der Waals surface area contributed by atoms with E-state index in [1.54, 1.807) is 7.11 Å². The molecule has 0 amide bonds. The first-order chi connectivity index (χ1) is 7.30. The first-order valence-electron chi connectivity index (χ1n) is 6.27. The summed E-state index contributed by atoms with van der Waals surface area (Å²) in [4.78, 5) is 2.52. The summed E-state index contributed by atoms with van der Waals surface area (Å²) in [6, 6.07) is 0. The van der Waals surface area contributed by atoms with Gasteiger partial charge in [-0.3, -0.25) is 4.90 Å². The Morgan fingerprint density at radius 2 is 1.75 bits per heavy atom. The number of methoxy groups -OCH3 is 1. The first kappa shape index (κ1) is 13.9. The minimum atomic E-state index is 0.239. The van der Waals surface area contributed by atoms with Crippen LogP contribution < -0.4 is 5.32 Å². The van der Waals surface area contributed by atoms with Gasteiger partial charge in [0.15, 0.2) is 0 Å². The molecule has 3 nitrogen and oxygen atoms in total. The number of likely N-dealkylation sites (tertiary alicyclic amines) is 1. The van der Waals surface area contributed by atoms with Crippen LogP contribution in [0, 0.1) is 0 Å². The van der Waals surface area contributed by atoms with E-state index >= 15 is 0 Å². The summed E-state index contributed by atoms with van der Waals surface area (Å²) in [6.07, 6.45) is 2.87. The van der Waals surface area contributed by atoms with Crippen LogP contribution in [0.1, 0.15) is 40.5 Å². The molecule has 0 aromatic heterocycles. The predicted molar refractivity (Wildman–Crippen MR) is 68.8 cm³/mol. The topological polar surface area (TPSA) is 24.5 Å². The molecule has 0 unspecified atom stereocenters. The van der Waals surface area contributed by atoms with Gasteiger partial charge in [0.25, 0.3) is 0 Å². The molecular weight excluding hydrogens is 200 g/mol. The Morgan fingerprint density at radius 3 is 2.19 bits per heavy atom. The second-order valence-electron chi connectivity index (χ2n) is 6.21. The smallest absolute Gasteiger partial charge is 0.0825 e. The van der Waals surface area contributed by atoms with E-state index in [4.69, 9.17) is 4.74 Å². The molecule has 1 N–H and O–H groups in total. The molecule has 0 aliphatic carbocycles. The number of nitrogens with zero attached hydrogens (tertiary/aromatic N) is 1. The zero-order valence-electron chi connectivity index (χ0n) is 11.8. The van der Waals surface area contributed by atoms with Gasteiger partial charge in [0.05, 0.1) is 6.10 Å². The van der Waals surface area contributed by atoms with Crippen LogP contribution >= 0.6 is 0 Å². The number of hydrogen-bond acceptors (Lipinski definition) is 3. The molecule has 0 radical (unpaired) electrons. The van der Waals surface area contributed by atoms with Crippen LogP contribution in [0.4, 0.5) is 0 Å². The molecule has 3 heteroatoms. The fourth-order valence-electron chi connectivity index (χ4n) is 1.98. The lowest BCUT2D eigenvalue weighted by Crippen LogP contribution is -2.60. The average molecular weight is 228 g/mol. The third-order valence-electron chi connectivity index (χ3n) is 4.08. The van der Waals surface area contributed by atoms with Crippen molar-refractivity contribution in [1.29, 1.82) is 0 Å². The summed E-state index contributed by atoms with van der Waals surface area (Å²) in [5, 5.41) is 3.37. The normalized spacial score (nSPS) is 19.9. The first-order valence-corrected chi connectivity index (χ1v) is 6.27. The summed E-state index contributed by atoms with van der Waals surface area (Å²) in [6.45, 7) is 11.4. The van der Waals surface area contributed by atoms with Crippen molar-refractivity contribution in [3.8, 4) is 0 Å². The molecule has 0 bridgehead atoms. The standard InChI is InChI=1S/C13H28N2O/c1-12(2,14-5)7-8-13(3,4)15-9-11(10-15)16-6/h11,14H,7-10H2,1-6H3. The summed E-state index contributed by atoms with van der Waals surface area (Å²) < 4.78 is 5.32. The number of ether oxygens (including phenoxy) is 1. The minimum absolute atomic E-state index is 0.239. The number of hydrogen-bond donors (Lipinski definition) is 1. The maximum Gasteiger partial charge on any atom is 0.0825 e. The van der Waals surface area contributed by atoms with Crippen LogP contribution in [-0.2, 0) is 4.74 Å². The van der Waals surface area contributed by atoms with Crippen molar-refractivity contribution in [2.45, 2.75) is 57.7 Å². The van der Waals surface area contributed by atoms with E-state index in [2.05, 4.69) is 37.9 Å². The highest BCUT2D eigenvalue weighted by molar-refractivity contribution is 4.93. The van der Waals surface area contributed by atoms with E-state index in [1.165, 1.54) is 12.8 Å². The highest BCUT2D eigenvalue weighted by Gasteiger charge is 2.37. The maximum absolute atomic E-state index is 5.32. The van der Waals surface area contributed by atoms with Crippen molar-refractivity contribution < 1.29 is 4.74 Å². The van der Waals surface area contributed by atoms with Gasteiger partial charge in [-0.05, 0) is 47.6 Å². The highest BCUT2D eigenvalue weighted by atomic mass is 16.5. The molecule has 1 saturated heterocycles. The largest absolute Gasteiger partial charge is 0.379 e. The van der Waals surface area contributed by atoms with Crippen LogP contribution in [0.3, 0.4) is 0 Å². The number of nitrogens with one attached hydrogen (secondary N) is 1. The zero-order chi connectivity index (χ0) is 12.4. The number of rotatable bonds is 6. The molecule has 0 spiro atoms. The lowest BCUT2D eigenvalue weighted by Gasteiger charge is -2.49. The van der Waals surface area contributed by atoms with Crippen LogP contribution in [0.25, 0.3) is 0 Å². The Bertz CT molecular complexity index is 220. The van der Waals surface area contributed by atoms with Gasteiger partial charge in [-0.1, -0.05) is 0 Å². The second kappa shape index (κ2) is 5.03. The second-order valence-corrected chi connectivity index (χ2v) is 6.21. The maximum atomic E-state index is 5.32. The Balaban J connectivity index is 2.35. The molecule has 0 atom stereocenters. The summed E-state index contributed by atoms with van der Waals surface area (Å²) >= 11 is 0. The van der Waals surface area contributed by atoms with E-state index in [1.807, 2.05) is 7.05 Å². The molecule has 1 aliphatic heterocycles. The van der Waals surface area contributed by atoms with Crippen LogP contribution in [0.15, 0.2) is 0 Å². The van der Waals surface area contributed by atoms with Gasteiger partial charge < -0.3 is 10.1 Å². The van der Waals surface area contributed by atoms with E-state index in [0.717, 1.165) is 13.1 Å². The van der Waals surface area contributed by atoms with E-state index < -0.39 is 0 Å². The highest BCUT2D eigenvalue weighted by Crippen LogP contribution is 2.29. The van der Waals surface area contributed by atoms with Crippen molar-refractivity contribution in [1.82, 2.24) is 10.2 Å². The fraction of sp³-hybridized carbons (Fsp3) is 1.00. The van der Waals surface area contributed by atoms with Gasteiger partial charge in [0.1, 0.15) is 0 Å². The van der Waals surface area contributed by atoms with Gasteiger partial charge in [-0.25, -0.2) is 0 Å². The Kier molecular flexibility index (Phi) is 4.38. The Morgan fingerprint density at radius 1 is 1.19 bits per heavy atom. The molecule has 0 aromatic carbocycles.